The van der Waals surface area contributed by atoms with Crippen molar-refractivity contribution in [2.24, 2.45) is 0 Å². The fourth-order valence-corrected chi connectivity index (χ4v) is 3.34. The van der Waals surface area contributed by atoms with Gasteiger partial charge in [-0.15, -0.1) is 0 Å². The minimum Gasteiger partial charge on any atom is -0.374 e. The summed E-state index contributed by atoms with van der Waals surface area (Å²) in [5, 5.41) is 18.0. The highest BCUT2D eigenvalue weighted by Gasteiger charge is 2.36. The number of aromatic nitrogens is 2. The molecule has 0 unspecified atom stereocenters. The van der Waals surface area contributed by atoms with Crippen molar-refractivity contribution in [3.05, 3.63) is 17.7 Å². The third-order valence-electron chi connectivity index (χ3n) is 4.41. The average Bonchev–Trinajstić information content (AvgIpc) is 2.95. The normalized spacial score (nSPS) is 24.2. The molecule has 7 heteroatoms. The summed E-state index contributed by atoms with van der Waals surface area (Å²) in [6.07, 6.45) is 5.75. The molecule has 1 aromatic rings. The molecular formula is C15H17N5O2. The molecule has 2 heterocycles. The van der Waals surface area contributed by atoms with E-state index in [1.807, 2.05) is 17.0 Å². The van der Waals surface area contributed by atoms with Crippen LogP contribution in [0.25, 0.3) is 0 Å². The lowest BCUT2D eigenvalue weighted by Crippen LogP contribution is -2.55. The van der Waals surface area contributed by atoms with Crippen LogP contribution in [-0.4, -0.2) is 45.7 Å². The molecule has 1 aliphatic carbocycles. The Kier molecular flexibility index (Phi) is 4.08. The third-order valence-corrected chi connectivity index (χ3v) is 4.41. The number of carbonyl (C=O) groups excluding carboxylic acids is 1. The lowest BCUT2D eigenvalue weighted by molar-refractivity contribution is -0.150. The van der Waals surface area contributed by atoms with E-state index in [2.05, 4.69) is 4.98 Å². The highest BCUT2D eigenvalue weighted by molar-refractivity contribution is 5.77. The summed E-state index contributed by atoms with van der Waals surface area (Å²) < 4.78 is 7.22. The van der Waals surface area contributed by atoms with Crippen LogP contribution in [0, 0.1) is 22.7 Å². The molecule has 2 atom stereocenters. The fourth-order valence-electron chi connectivity index (χ4n) is 3.34. The summed E-state index contributed by atoms with van der Waals surface area (Å²) in [4.78, 5) is 18.4. The number of nitriles is 2. The maximum absolute atomic E-state index is 12.6. The smallest absolute Gasteiger partial charge is 0.243 e. The number of rotatable bonds is 2. The van der Waals surface area contributed by atoms with E-state index < -0.39 is 0 Å². The highest BCUT2D eigenvalue weighted by atomic mass is 16.5. The van der Waals surface area contributed by atoms with Crippen molar-refractivity contribution in [1.29, 1.82) is 10.5 Å². The Bertz CT molecular complexity index is 652. The molecular weight excluding hydrogens is 282 g/mol. The van der Waals surface area contributed by atoms with Crippen LogP contribution in [0.2, 0.25) is 0 Å². The highest BCUT2D eigenvalue weighted by Crippen LogP contribution is 2.28. The van der Waals surface area contributed by atoms with Crippen molar-refractivity contribution in [3.8, 4) is 12.1 Å². The van der Waals surface area contributed by atoms with Gasteiger partial charge in [-0.05, 0) is 12.8 Å². The summed E-state index contributed by atoms with van der Waals surface area (Å²) in [6.45, 7) is 1.19. The summed E-state index contributed by atoms with van der Waals surface area (Å²) in [7, 11) is 0. The molecule has 1 saturated heterocycles. The van der Waals surface area contributed by atoms with Crippen LogP contribution in [-0.2, 0) is 16.1 Å². The second-order valence-electron chi connectivity index (χ2n) is 5.64. The summed E-state index contributed by atoms with van der Waals surface area (Å²) in [6, 6.07) is 3.95. The van der Waals surface area contributed by atoms with Gasteiger partial charge in [-0.3, -0.25) is 4.79 Å². The molecule has 0 aromatic carbocycles. The van der Waals surface area contributed by atoms with Crippen molar-refractivity contribution in [2.75, 3.05) is 13.2 Å². The van der Waals surface area contributed by atoms with E-state index in [1.165, 1.54) is 10.9 Å². The molecule has 3 rings (SSSR count). The molecule has 1 aromatic heterocycles. The lowest BCUT2D eigenvalue weighted by Gasteiger charge is -2.43. The summed E-state index contributed by atoms with van der Waals surface area (Å²) >= 11 is 0. The Balaban J connectivity index is 1.75. The molecule has 1 aliphatic heterocycles. The molecule has 1 amide bonds. The van der Waals surface area contributed by atoms with Gasteiger partial charge in [-0.2, -0.15) is 10.5 Å². The number of fused-ring (bicyclic) bond motifs is 1. The SMILES string of the molecule is N#Cc1ncn(CC(=O)N2CCO[C@H]3CCCC[C@@H]32)c1C#N. The van der Waals surface area contributed by atoms with Gasteiger partial charge in [0.2, 0.25) is 5.91 Å². The number of imidazole rings is 1. The van der Waals surface area contributed by atoms with Gasteiger partial charge < -0.3 is 14.2 Å². The van der Waals surface area contributed by atoms with Gasteiger partial charge in [-0.1, -0.05) is 12.8 Å². The molecule has 0 radical (unpaired) electrons. The van der Waals surface area contributed by atoms with Crippen LogP contribution in [0.5, 0.6) is 0 Å². The minimum absolute atomic E-state index is 0.0425. The number of hydrogen-bond donors (Lipinski definition) is 0. The number of ether oxygens (including phenoxy) is 1. The molecule has 114 valence electrons. The fraction of sp³-hybridized carbons (Fsp3) is 0.600. The van der Waals surface area contributed by atoms with Crippen molar-refractivity contribution in [2.45, 2.75) is 44.4 Å². The molecule has 7 nitrogen and oxygen atoms in total. The molecule has 2 aliphatic rings. The van der Waals surface area contributed by atoms with E-state index in [9.17, 15) is 4.79 Å². The van der Waals surface area contributed by atoms with Gasteiger partial charge in [0, 0.05) is 6.54 Å². The van der Waals surface area contributed by atoms with Gasteiger partial charge >= 0.3 is 0 Å². The quantitative estimate of drug-likeness (QED) is 0.804. The van der Waals surface area contributed by atoms with Crippen molar-refractivity contribution >= 4 is 5.91 Å². The van der Waals surface area contributed by atoms with E-state index in [0.29, 0.717) is 13.2 Å². The number of carbonyl (C=O) groups is 1. The first-order valence-corrected chi connectivity index (χ1v) is 7.51. The monoisotopic (exact) mass is 299 g/mol. The van der Waals surface area contributed by atoms with E-state index in [-0.39, 0.29) is 36.0 Å². The molecule has 0 bridgehead atoms. The Morgan fingerprint density at radius 3 is 2.95 bits per heavy atom. The minimum atomic E-state index is -0.0430. The molecule has 1 saturated carbocycles. The predicted octanol–water partition coefficient (Wildman–Crippen LogP) is 0.796. The molecule has 0 spiro atoms. The Hall–Kier alpha value is -2.38. The summed E-state index contributed by atoms with van der Waals surface area (Å²) in [5.74, 6) is -0.0430. The third kappa shape index (κ3) is 2.56. The van der Waals surface area contributed by atoms with Gasteiger partial charge in [0.25, 0.3) is 0 Å². The first kappa shape index (κ1) is 14.6. The number of nitrogens with zero attached hydrogens (tertiary/aromatic N) is 5. The van der Waals surface area contributed by atoms with E-state index in [0.717, 1.165) is 25.7 Å². The Morgan fingerprint density at radius 2 is 2.18 bits per heavy atom. The van der Waals surface area contributed by atoms with Crippen LogP contribution in [0.4, 0.5) is 0 Å². The first-order valence-electron chi connectivity index (χ1n) is 7.51. The average molecular weight is 299 g/mol. The van der Waals surface area contributed by atoms with Crippen molar-refractivity contribution in [3.63, 3.8) is 0 Å². The molecule has 22 heavy (non-hydrogen) atoms. The molecule has 0 N–H and O–H groups in total. The zero-order valence-corrected chi connectivity index (χ0v) is 12.2. The lowest BCUT2D eigenvalue weighted by atomic mass is 9.90. The van der Waals surface area contributed by atoms with Crippen LogP contribution in [0.3, 0.4) is 0 Å². The number of morpholine rings is 1. The second kappa shape index (κ2) is 6.17. The largest absolute Gasteiger partial charge is 0.374 e. The Morgan fingerprint density at radius 1 is 1.36 bits per heavy atom. The van der Waals surface area contributed by atoms with E-state index >= 15 is 0 Å². The maximum atomic E-state index is 12.6. The topological polar surface area (TPSA) is 94.9 Å². The van der Waals surface area contributed by atoms with Crippen molar-refractivity contribution in [1.82, 2.24) is 14.5 Å². The van der Waals surface area contributed by atoms with Crippen LogP contribution >= 0.6 is 0 Å². The number of hydrogen-bond acceptors (Lipinski definition) is 5. The van der Waals surface area contributed by atoms with Gasteiger partial charge in [0.1, 0.15) is 18.7 Å². The summed E-state index contributed by atoms with van der Waals surface area (Å²) in [5.41, 5.74) is 0.206. The maximum Gasteiger partial charge on any atom is 0.243 e. The Labute approximate surface area is 128 Å². The zero-order chi connectivity index (χ0) is 15.5. The zero-order valence-electron chi connectivity index (χ0n) is 12.2. The van der Waals surface area contributed by atoms with Crippen LogP contribution in [0.15, 0.2) is 6.33 Å². The number of amides is 1. The predicted molar refractivity (Wildman–Crippen MR) is 75.4 cm³/mol. The standard InChI is InChI=1S/C15H17N5O2/c16-7-11-13(8-17)19(10-18-11)9-15(21)20-5-6-22-14-4-2-1-3-12(14)20/h10,12,14H,1-6,9H2/t12-,14-/m0/s1. The van der Waals surface area contributed by atoms with Gasteiger partial charge in [0.05, 0.1) is 25.1 Å². The van der Waals surface area contributed by atoms with Gasteiger partial charge in [-0.25, -0.2) is 4.98 Å². The van der Waals surface area contributed by atoms with E-state index in [4.69, 9.17) is 15.3 Å². The van der Waals surface area contributed by atoms with Gasteiger partial charge in [0.15, 0.2) is 11.4 Å². The second-order valence-corrected chi connectivity index (χ2v) is 5.64. The van der Waals surface area contributed by atoms with Crippen molar-refractivity contribution < 1.29 is 9.53 Å². The van der Waals surface area contributed by atoms with E-state index in [1.54, 1.807) is 0 Å². The van der Waals surface area contributed by atoms with Crippen LogP contribution < -0.4 is 0 Å². The molecule has 2 fully saturated rings. The first-order chi connectivity index (χ1) is 10.7. The van der Waals surface area contributed by atoms with Crippen LogP contribution in [0.1, 0.15) is 37.1 Å².